The number of hydrogen-bond acceptors (Lipinski definition) is 8. The molecule has 3 aromatic heterocycles. The molecular weight excluding hydrogens is 476 g/mol. The fourth-order valence-corrected chi connectivity index (χ4v) is 5.16. The van der Waals surface area contributed by atoms with E-state index in [2.05, 4.69) is 22.4 Å². The molecule has 5 rings (SSSR count). The molecule has 0 saturated carbocycles. The lowest BCUT2D eigenvalue weighted by Crippen LogP contribution is -2.00. The number of thiophene rings is 1. The molecule has 9 heteroatoms. The summed E-state index contributed by atoms with van der Waals surface area (Å²) < 4.78 is 24.8. The quantitative estimate of drug-likeness (QED) is 0.262. The van der Waals surface area contributed by atoms with E-state index in [1.54, 1.807) is 39.8 Å². The Balaban J connectivity index is 0.00000148. The molecule has 0 bridgehead atoms. The summed E-state index contributed by atoms with van der Waals surface area (Å²) in [5.41, 5.74) is 3.51. The number of aromatic nitrogens is 3. The third kappa shape index (κ3) is 4.49. The van der Waals surface area contributed by atoms with E-state index in [4.69, 9.17) is 24.0 Å². The smallest absolute Gasteiger partial charge is 0.178 e. The second-order valence-corrected chi connectivity index (χ2v) is 8.67. The van der Waals surface area contributed by atoms with Crippen LogP contribution >= 0.6 is 11.3 Å². The first-order chi connectivity index (χ1) is 17.6. The summed E-state index contributed by atoms with van der Waals surface area (Å²) in [6.45, 7) is 6.01. The summed E-state index contributed by atoms with van der Waals surface area (Å²) in [6, 6.07) is 13.7. The van der Waals surface area contributed by atoms with Gasteiger partial charge in [-0.25, -0.2) is 9.50 Å². The average Bonchev–Trinajstić information content (AvgIpc) is 3.52. The maximum absolute atomic E-state index is 5.69. The van der Waals surface area contributed by atoms with Crippen LogP contribution in [0, 0.1) is 6.92 Å². The Morgan fingerprint density at radius 1 is 0.833 bits per heavy atom. The van der Waals surface area contributed by atoms with Crippen LogP contribution in [0.4, 0.5) is 11.5 Å². The minimum atomic E-state index is 0.641. The molecule has 0 spiro atoms. The summed E-state index contributed by atoms with van der Waals surface area (Å²) in [5, 5.41) is 9.21. The van der Waals surface area contributed by atoms with Crippen LogP contribution in [0.15, 0.2) is 48.7 Å². The van der Waals surface area contributed by atoms with Gasteiger partial charge in [-0.1, -0.05) is 13.8 Å². The first-order valence-corrected chi connectivity index (χ1v) is 12.4. The normalized spacial score (nSPS) is 10.6. The summed E-state index contributed by atoms with van der Waals surface area (Å²) in [7, 11) is 6.55. The van der Waals surface area contributed by atoms with Gasteiger partial charge < -0.3 is 24.3 Å². The number of ether oxygens (including phenoxy) is 4. The molecule has 188 valence electrons. The van der Waals surface area contributed by atoms with Crippen molar-refractivity contribution in [3.05, 3.63) is 54.2 Å². The fraction of sp³-hybridized carbons (Fsp3) is 0.259. The Hall–Kier alpha value is -3.98. The van der Waals surface area contributed by atoms with Crippen LogP contribution in [-0.2, 0) is 0 Å². The Kier molecular flexibility index (Phi) is 7.49. The van der Waals surface area contributed by atoms with E-state index < -0.39 is 0 Å². The summed E-state index contributed by atoms with van der Waals surface area (Å²) >= 11 is 1.62. The number of nitrogens with one attached hydrogen (secondary N) is 1. The largest absolute Gasteiger partial charge is 0.493 e. The van der Waals surface area contributed by atoms with Crippen molar-refractivity contribution >= 4 is 38.6 Å². The number of nitrogens with zero attached hydrogens (tertiary/aromatic N) is 3. The van der Waals surface area contributed by atoms with Gasteiger partial charge in [0.15, 0.2) is 34.5 Å². The highest BCUT2D eigenvalue weighted by Crippen LogP contribution is 2.45. The molecule has 0 atom stereocenters. The van der Waals surface area contributed by atoms with E-state index in [0.717, 1.165) is 49.1 Å². The predicted molar refractivity (Wildman–Crippen MR) is 146 cm³/mol. The number of aryl methyl sites for hydroxylation is 1. The average molecular weight is 507 g/mol. The van der Waals surface area contributed by atoms with Crippen molar-refractivity contribution in [2.24, 2.45) is 0 Å². The summed E-state index contributed by atoms with van der Waals surface area (Å²) in [6.07, 6.45) is 1.84. The topological polar surface area (TPSA) is 79.1 Å². The third-order valence-electron chi connectivity index (χ3n) is 5.58. The van der Waals surface area contributed by atoms with E-state index in [1.165, 1.54) is 0 Å². The molecule has 0 aliphatic rings. The number of anilines is 2. The van der Waals surface area contributed by atoms with Crippen molar-refractivity contribution in [2.45, 2.75) is 20.8 Å². The lowest BCUT2D eigenvalue weighted by Gasteiger charge is -2.11. The molecule has 0 aliphatic carbocycles. The molecular formula is C27H30N4O4S. The molecule has 3 heterocycles. The fourth-order valence-electron chi connectivity index (χ4n) is 4.01. The highest BCUT2D eigenvalue weighted by molar-refractivity contribution is 7.22. The van der Waals surface area contributed by atoms with Crippen LogP contribution < -0.4 is 24.3 Å². The number of fused-ring (bicyclic) bond motifs is 2. The minimum absolute atomic E-state index is 0.641. The number of rotatable bonds is 7. The first-order valence-electron chi connectivity index (χ1n) is 11.6. The van der Waals surface area contributed by atoms with E-state index in [9.17, 15) is 0 Å². The van der Waals surface area contributed by atoms with Crippen molar-refractivity contribution in [1.82, 2.24) is 14.6 Å². The van der Waals surface area contributed by atoms with E-state index in [1.807, 2.05) is 61.8 Å². The Bertz CT molecular complexity index is 1510. The van der Waals surface area contributed by atoms with Gasteiger partial charge in [0.2, 0.25) is 0 Å². The van der Waals surface area contributed by atoms with Gasteiger partial charge in [0.05, 0.1) is 44.2 Å². The standard InChI is InChI=1S/C25H24N4O4S.C2H6/c1-14-10-15-11-20(34-25(15)24(33-5)23(14)32-4)17-13-26-22-9-8-21(28-29(17)22)27-16-6-7-18(30-2)19(12-16)31-3;1-2/h6-13H,1-5H3,(H,27,28);1-2H3. The van der Waals surface area contributed by atoms with Gasteiger partial charge in [0.1, 0.15) is 5.69 Å². The molecule has 1 N–H and O–H groups in total. The SMILES string of the molecule is CC.COc1ccc(Nc2ccc3ncc(-c4cc5cc(C)c(OC)c(OC)c5s4)n3n2)cc1OC. The van der Waals surface area contributed by atoms with E-state index >= 15 is 0 Å². The van der Waals surface area contributed by atoms with Crippen LogP contribution in [0.2, 0.25) is 0 Å². The molecule has 0 saturated heterocycles. The van der Waals surface area contributed by atoms with Crippen LogP contribution in [0.25, 0.3) is 26.3 Å². The number of methoxy groups -OCH3 is 4. The van der Waals surface area contributed by atoms with Gasteiger partial charge in [-0.05, 0) is 54.3 Å². The predicted octanol–water partition coefficient (Wildman–Crippen LogP) is 6.72. The lowest BCUT2D eigenvalue weighted by atomic mass is 10.1. The zero-order valence-corrected chi connectivity index (χ0v) is 22.3. The molecule has 0 amide bonds. The maximum atomic E-state index is 5.69. The van der Waals surface area contributed by atoms with Gasteiger partial charge >= 0.3 is 0 Å². The molecule has 0 fully saturated rings. The summed E-state index contributed by atoms with van der Waals surface area (Å²) in [4.78, 5) is 5.58. The van der Waals surface area contributed by atoms with Crippen molar-refractivity contribution in [1.29, 1.82) is 0 Å². The van der Waals surface area contributed by atoms with Gasteiger partial charge in [-0.3, -0.25) is 0 Å². The Morgan fingerprint density at radius 2 is 1.58 bits per heavy atom. The zero-order valence-electron chi connectivity index (χ0n) is 21.5. The molecule has 2 aromatic carbocycles. The first kappa shape index (κ1) is 25.1. The number of hydrogen-bond donors (Lipinski definition) is 1. The molecule has 0 aliphatic heterocycles. The molecule has 0 radical (unpaired) electrons. The zero-order chi connectivity index (χ0) is 25.8. The molecule has 5 aromatic rings. The monoisotopic (exact) mass is 506 g/mol. The van der Waals surface area contributed by atoms with Gasteiger partial charge in [0, 0.05) is 11.8 Å². The molecule has 8 nitrogen and oxygen atoms in total. The minimum Gasteiger partial charge on any atom is -0.493 e. The number of benzene rings is 2. The second kappa shape index (κ2) is 10.7. The lowest BCUT2D eigenvalue weighted by molar-refractivity contribution is 0.355. The maximum Gasteiger partial charge on any atom is 0.178 e. The van der Waals surface area contributed by atoms with Gasteiger partial charge in [-0.2, -0.15) is 0 Å². The van der Waals surface area contributed by atoms with Crippen molar-refractivity contribution in [2.75, 3.05) is 33.8 Å². The van der Waals surface area contributed by atoms with Gasteiger partial charge in [-0.15, -0.1) is 16.4 Å². The van der Waals surface area contributed by atoms with Crippen molar-refractivity contribution in [3.8, 4) is 33.6 Å². The van der Waals surface area contributed by atoms with E-state index in [0.29, 0.717) is 17.3 Å². The van der Waals surface area contributed by atoms with E-state index in [-0.39, 0.29) is 0 Å². The van der Waals surface area contributed by atoms with Crippen molar-refractivity contribution < 1.29 is 18.9 Å². The third-order valence-corrected chi connectivity index (χ3v) is 6.75. The number of imidazole rings is 1. The van der Waals surface area contributed by atoms with Crippen LogP contribution in [0.3, 0.4) is 0 Å². The van der Waals surface area contributed by atoms with Crippen molar-refractivity contribution in [3.63, 3.8) is 0 Å². The highest BCUT2D eigenvalue weighted by atomic mass is 32.1. The Labute approximate surface area is 214 Å². The Morgan fingerprint density at radius 3 is 2.28 bits per heavy atom. The van der Waals surface area contributed by atoms with Gasteiger partial charge in [0.25, 0.3) is 0 Å². The summed E-state index contributed by atoms with van der Waals surface area (Å²) in [5.74, 6) is 3.48. The molecule has 0 unspecified atom stereocenters. The van der Waals surface area contributed by atoms with Crippen LogP contribution in [0.1, 0.15) is 19.4 Å². The van der Waals surface area contributed by atoms with Crippen LogP contribution in [0.5, 0.6) is 23.0 Å². The second-order valence-electron chi connectivity index (χ2n) is 7.62. The highest BCUT2D eigenvalue weighted by Gasteiger charge is 2.18. The molecule has 36 heavy (non-hydrogen) atoms. The van der Waals surface area contributed by atoms with Crippen LogP contribution in [-0.4, -0.2) is 43.0 Å².